The van der Waals surface area contributed by atoms with Gasteiger partial charge in [-0.1, -0.05) is 6.92 Å². The zero-order chi connectivity index (χ0) is 10.8. The summed E-state index contributed by atoms with van der Waals surface area (Å²) in [6.45, 7) is 2.12. The monoisotopic (exact) mass is 206 g/mol. The van der Waals surface area contributed by atoms with Crippen molar-refractivity contribution >= 4 is 11.7 Å². The van der Waals surface area contributed by atoms with Gasteiger partial charge in [-0.2, -0.15) is 0 Å². The fraction of sp³-hybridized carbons (Fsp3) is 0.400. The van der Waals surface area contributed by atoms with Crippen molar-refractivity contribution in [3.8, 4) is 0 Å². The van der Waals surface area contributed by atoms with Gasteiger partial charge in [0, 0.05) is 17.8 Å². The lowest BCUT2D eigenvalue weighted by Gasteiger charge is -2.05. The fourth-order valence-corrected chi connectivity index (χ4v) is 1.43. The van der Waals surface area contributed by atoms with Crippen LogP contribution in [-0.2, 0) is 0 Å². The topological polar surface area (TPSA) is 80.0 Å². The Bertz CT molecular complexity index is 379. The van der Waals surface area contributed by atoms with Gasteiger partial charge in [-0.3, -0.25) is 4.79 Å². The number of carbonyl (C=O) groups is 1. The van der Waals surface area contributed by atoms with E-state index < -0.39 is 0 Å². The van der Waals surface area contributed by atoms with Crippen molar-refractivity contribution in [2.75, 3.05) is 5.43 Å². The molecule has 1 aliphatic rings. The van der Waals surface area contributed by atoms with Gasteiger partial charge < -0.3 is 10.7 Å². The fourth-order valence-electron chi connectivity index (χ4n) is 1.43. The molecular weight excluding hydrogens is 192 g/mol. The molecule has 0 bridgehead atoms. The molecular formula is C10H14N4O. The molecule has 2 unspecified atom stereocenters. The lowest BCUT2D eigenvalue weighted by atomic mass is 10.2. The van der Waals surface area contributed by atoms with Crippen LogP contribution in [0.1, 0.15) is 23.7 Å². The Morgan fingerprint density at radius 1 is 1.67 bits per heavy atom. The Kier molecular flexibility index (Phi) is 2.55. The van der Waals surface area contributed by atoms with Gasteiger partial charge in [0.1, 0.15) is 5.82 Å². The summed E-state index contributed by atoms with van der Waals surface area (Å²) in [5.41, 5.74) is 2.99. The Labute approximate surface area is 88.0 Å². The molecule has 1 aromatic rings. The third-order valence-electron chi connectivity index (χ3n) is 2.60. The number of pyridine rings is 1. The Morgan fingerprint density at radius 2 is 2.40 bits per heavy atom. The average Bonchev–Trinajstić information content (AvgIpc) is 2.94. The van der Waals surface area contributed by atoms with Crippen molar-refractivity contribution in [3.05, 3.63) is 23.9 Å². The maximum Gasteiger partial charge on any atom is 0.251 e. The number of hydrogen-bond donors (Lipinski definition) is 3. The van der Waals surface area contributed by atoms with Crippen molar-refractivity contribution in [2.45, 2.75) is 19.4 Å². The van der Waals surface area contributed by atoms with Gasteiger partial charge in [0.25, 0.3) is 5.91 Å². The first-order valence-corrected chi connectivity index (χ1v) is 4.94. The summed E-state index contributed by atoms with van der Waals surface area (Å²) in [6.07, 6.45) is 2.62. The number of nitrogens with zero attached hydrogens (tertiary/aromatic N) is 1. The Hall–Kier alpha value is -1.62. The van der Waals surface area contributed by atoms with Gasteiger partial charge in [0.15, 0.2) is 0 Å². The number of carbonyl (C=O) groups excluding carboxylic acids is 1. The van der Waals surface area contributed by atoms with Gasteiger partial charge >= 0.3 is 0 Å². The van der Waals surface area contributed by atoms with E-state index in [4.69, 9.17) is 5.84 Å². The van der Waals surface area contributed by atoms with E-state index in [9.17, 15) is 4.79 Å². The summed E-state index contributed by atoms with van der Waals surface area (Å²) in [7, 11) is 0. The van der Waals surface area contributed by atoms with Gasteiger partial charge in [0.05, 0.1) is 0 Å². The maximum absolute atomic E-state index is 11.7. The minimum absolute atomic E-state index is 0.0664. The largest absolute Gasteiger partial charge is 0.349 e. The Balaban J connectivity index is 2.04. The van der Waals surface area contributed by atoms with Crippen molar-refractivity contribution in [3.63, 3.8) is 0 Å². The second-order valence-corrected chi connectivity index (χ2v) is 3.87. The lowest BCUT2D eigenvalue weighted by molar-refractivity contribution is 0.0949. The predicted octanol–water partition coefficient (Wildman–Crippen LogP) is 0.505. The maximum atomic E-state index is 11.7. The second-order valence-electron chi connectivity index (χ2n) is 3.87. The van der Waals surface area contributed by atoms with Crippen LogP contribution < -0.4 is 16.6 Å². The zero-order valence-electron chi connectivity index (χ0n) is 8.53. The molecule has 0 radical (unpaired) electrons. The van der Waals surface area contributed by atoms with E-state index in [1.165, 1.54) is 0 Å². The van der Waals surface area contributed by atoms with Crippen LogP contribution in [0.15, 0.2) is 18.3 Å². The number of rotatable bonds is 3. The van der Waals surface area contributed by atoms with Crippen molar-refractivity contribution < 1.29 is 4.79 Å². The highest BCUT2D eigenvalue weighted by Gasteiger charge is 2.33. The molecule has 1 aromatic heterocycles. The third-order valence-corrected chi connectivity index (χ3v) is 2.60. The highest BCUT2D eigenvalue weighted by Crippen LogP contribution is 2.29. The highest BCUT2D eigenvalue weighted by molar-refractivity contribution is 5.95. The second kappa shape index (κ2) is 3.86. The van der Waals surface area contributed by atoms with Crippen LogP contribution in [0.2, 0.25) is 0 Å². The molecule has 15 heavy (non-hydrogen) atoms. The molecule has 2 atom stereocenters. The predicted molar refractivity (Wildman–Crippen MR) is 57.1 cm³/mol. The first-order chi connectivity index (χ1) is 7.20. The number of nitrogens with two attached hydrogens (primary N) is 1. The van der Waals surface area contributed by atoms with E-state index >= 15 is 0 Å². The van der Waals surface area contributed by atoms with Gasteiger partial charge in [-0.25, -0.2) is 10.8 Å². The minimum atomic E-state index is -0.0664. The number of nitrogens with one attached hydrogen (secondary N) is 2. The number of nitrogen functional groups attached to an aromatic ring is 1. The standard InChI is InChI=1S/C10H14N4O/c1-6-4-8(6)13-10(15)7-2-3-12-9(5-7)14-11/h2-3,5-6,8H,4,11H2,1H3,(H,12,14)(H,13,15). The summed E-state index contributed by atoms with van der Waals surface area (Å²) in [6, 6.07) is 3.63. The summed E-state index contributed by atoms with van der Waals surface area (Å²) >= 11 is 0. The number of amides is 1. The molecule has 1 fully saturated rings. The molecule has 5 nitrogen and oxygen atoms in total. The van der Waals surface area contributed by atoms with E-state index in [0.717, 1.165) is 6.42 Å². The van der Waals surface area contributed by atoms with Crippen LogP contribution in [0.4, 0.5) is 5.82 Å². The number of hydrogen-bond acceptors (Lipinski definition) is 4. The van der Waals surface area contributed by atoms with Crippen molar-refractivity contribution in [2.24, 2.45) is 11.8 Å². The molecule has 0 aliphatic heterocycles. The van der Waals surface area contributed by atoms with Crippen molar-refractivity contribution in [1.29, 1.82) is 0 Å². The van der Waals surface area contributed by atoms with Gasteiger partial charge in [0.2, 0.25) is 0 Å². The average molecular weight is 206 g/mol. The molecule has 80 valence electrons. The van der Waals surface area contributed by atoms with E-state index in [1.807, 2.05) is 0 Å². The van der Waals surface area contributed by atoms with Gasteiger partial charge in [-0.15, -0.1) is 0 Å². The molecule has 4 N–H and O–H groups in total. The summed E-state index contributed by atoms with van der Waals surface area (Å²) in [5.74, 6) is 6.24. The van der Waals surface area contributed by atoms with Crippen LogP contribution in [-0.4, -0.2) is 16.9 Å². The van der Waals surface area contributed by atoms with Crippen LogP contribution >= 0.6 is 0 Å². The number of anilines is 1. The Morgan fingerprint density at radius 3 is 3.00 bits per heavy atom. The summed E-state index contributed by atoms with van der Waals surface area (Å²) in [5, 5.41) is 2.94. The summed E-state index contributed by atoms with van der Waals surface area (Å²) < 4.78 is 0. The zero-order valence-corrected chi connectivity index (χ0v) is 8.53. The quantitative estimate of drug-likeness (QED) is 0.497. The minimum Gasteiger partial charge on any atom is -0.349 e. The molecule has 2 rings (SSSR count). The first kappa shape index (κ1) is 9.92. The van der Waals surface area contributed by atoms with Crippen LogP contribution in [0, 0.1) is 5.92 Å². The molecule has 0 spiro atoms. The van der Waals surface area contributed by atoms with Gasteiger partial charge in [-0.05, 0) is 24.5 Å². The summed E-state index contributed by atoms with van der Waals surface area (Å²) in [4.78, 5) is 15.6. The highest BCUT2D eigenvalue weighted by atomic mass is 16.1. The van der Waals surface area contributed by atoms with Crippen LogP contribution in [0.5, 0.6) is 0 Å². The third kappa shape index (κ3) is 2.24. The lowest BCUT2D eigenvalue weighted by Crippen LogP contribution is -2.26. The molecule has 1 aliphatic carbocycles. The molecule has 0 aromatic carbocycles. The van der Waals surface area contributed by atoms with Crippen LogP contribution in [0.25, 0.3) is 0 Å². The number of hydrazine groups is 1. The molecule has 1 saturated carbocycles. The molecule has 1 heterocycles. The van der Waals surface area contributed by atoms with E-state index in [2.05, 4.69) is 22.7 Å². The van der Waals surface area contributed by atoms with E-state index in [0.29, 0.717) is 23.3 Å². The normalized spacial score (nSPS) is 23.3. The number of aromatic nitrogens is 1. The smallest absolute Gasteiger partial charge is 0.251 e. The molecule has 5 heteroatoms. The van der Waals surface area contributed by atoms with Crippen LogP contribution in [0.3, 0.4) is 0 Å². The molecule has 0 saturated heterocycles. The SMILES string of the molecule is CC1CC1NC(=O)c1ccnc(NN)c1. The molecule has 1 amide bonds. The van der Waals surface area contributed by atoms with E-state index in [-0.39, 0.29) is 5.91 Å². The van der Waals surface area contributed by atoms with E-state index in [1.54, 1.807) is 18.3 Å². The van der Waals surface area contributed by atoms with Crippen molar-refractivity contribution in [1.82, 2.24) is 10.3 Å². The first-order valence-electron chi connectivity index (χ1n) is 4.94.